The van der Waals surface area contributed by atoms with Gasteiger partial charge in [0.15, 0.2) is 0 Å². The van der Waals surface area contributed by atoms with E-state index in [9.17, 15) is 9.59 Å². The number of rotatable bonds is 0. The van der Waals surface area contributed by atoms with Crippen molar-refractivity contribution in [3.63, 3.8) is 0 Å². The van der Waals surface area contributed by atoms with Crippen molar-refractivity contribution in [3.8, 4) is 0 Å². The molecule has 0 spiro atoms. The van der Waals surface area contributed by atoms with Crippen LogP contribution in [-0.2, 0) is 0 Å². The number of hydrogen-bond acceptors (Lipinski definition) is 2. The molecular formula is C25H50N4O2. The van der Waals surface area contributed by atoms with Gasteiger partial charge in [0.1, 0.15) is 0 Å². The highest BCUT2D eigenvalue weighted by Crippen LogP contribution is 2.31. The van der Waals surface area contributed by atoms with Gasteiger partial charge in [0.05, 0.1) is 12.1 Å². The van der Waals surface area contributed by atoms with Crippen molar-refractivity contribution in [1.29, 1.82) is 0 Å². The normalized spacial score (nSPS) is 25.1. The van der Waals surface area contributed by atoms with Crippen LogP contribution >= 0.6 is 0 Å². The number of amides is 4. The zero-order valence-electron chi connectivity index (χ0n) is 22.1. The van der Waals surface area contributed by atoms with Crippen molar-refractivity contribution in [2.24, 2.45) is 0 Å². The first-order valence-corrected chi connectivity index (χ1v) is 12.7. The van der Waals surface area contributed by atoms with Crippen LogP contribution in [0.15, 0.2) is 0 Å². The lowest BCUT2D eigenvalue weighted by Crippen LogP contribution is -2.44. The predicted molar refractivity (Wildman–Crippen MR) is 130 cm³/mol. The van der Waals surface area contributed by atoms with Crippen molar-refractivity contribution in [2.75, 3.05) is 26.2 Å². The Morgan fingerprint density at radius 3 is 1.32 bits per heavy atom. The third-order valence-corrected chi connectivity index (χ3v) is 6.36. The first kappa shape index (κ1) is 27.6. The van der Waals surface area contributed by atoms with E-state index in [2.05, 4.69) is 46.4 Å². The largest absolute Gasteiger partial charge is 0.320 e. The van der Waals surface area contributed by atoms with Gasteiger partial charge in [0.2, 0.25) is 0 Å². The van der Waals surface area contributed by atoms with E-state index >= 15 is 0 Å². The fourth-order valence-electron chi connectivity index (χ4n) is 4.73. The molecule has 2 atom stereocenters. The third-order valence-electron chi connectivity index (χ3n) is 6.36. The van der Waals surface area contributed by atoms with E-state index < -0.39 is 0 Å². The summed E-state index contributed by atoms with van der Waals surface area (Å²) in [7, 11) is 0. The Morgan fingerprint density at radius 2 is 0.968 bits per heavy atom. The van der Waals surface area contributed by atoms with Crippen LogP contribution in [0.4, 0.5) is 9.59 Å². The molecule has 4 saturated heterocycles. The van der Waals surface area contributed by atoms with E-state index in [1.54, 1.807) is 0 Å². The molecule has 4 aliphatic rings. The summed E-state index contributed by atoms with van der Waals surface area (Å²) in [5, 5.41) is 0. The van der Waals surface area contributed by atoms with Gasteiger partial charge in [-0.25, -0.2) is 9.59 Å². The first-order chi connectivity index (χ1) is 14.5. The number of hydrogen-bond donors (Lipinski definition) is 0. The number of nitrogens with zero attached hydrogens (tertiary/aromatic N) is 4. The summed E-state index contributed by atoms with van der Waals surface area (Å²) in [5.74, 6) is 0. The summed E-state index contributed by atoms with van der Waals surface area (Å²) in [5.41, 5.74) is -0.0319. The van der Waals surface area contributed by atoms with Gasteiger partial charge in [-0.2, -0.15) is 0 Å². The Hall–Kier alpha value is -1.46. The van der Waals surface area contributed by atoms with Crippen molar-refractivity contribution in [1.82, 2.24) is 19.6 Å². The summed E-state index contributed by atoms with van der Waals surface area (Å²) in [6.45, 7) is 24.5. The molecule has 0 N–H and O–H groups in total. The molecule has 6 nitrogen and oxygen atoms in total. The SMILES string of the molecule is CC.CC.CC(C)(C)N1CC2CCCCN2C1=O.CC(C)(C)N1CC2CCCN2C1=O. The lowest BCUT2D eigenvalue weighted by molar-refractivity contribution is 0.152. The Morgan fingerprint density at radius 1 is 0.613 bits per heavy atom. The van der Waals surface area contributed by atoms with Gasteiger partial charge in [-0.1, -0.05) is 27.7 Å². The molecule has 4 aliphatic heterocycles. The van der Waals surface area contributed by atoms with E-state index in [4.69, 9.17) is 0 Å². The Kier molecular flexibility index (Phi) is 10.2. The first-order valence-electron chi connectivity index (χ1n) is 12.7. The van der Waals surface area contributed by atoms with Gasteiger partial charge < -0.3 is 19.6 Å². The van der Waals surface area contributed by atoms with Crippen LogP contribution in [0, 0.1) is 0 Å². The number of fused-ring (bicyclic) bond motifs is 2. The fourth-order valence-corrected chi connectivity index (χ4v) is 4.73. The lowest BCUT2D eigenvalue weighted by atomic mass is 10.0. The van der Waals surface area contributed by atoms with Crippen LogP contribution in [0.2, 0.25) is 0 Å². The second kappa shape index (κ2) is 11.4. The maximum atomic E-state index is 12.0. The van der Waals surface area contributed by atoms with E-state index in [-0.39, 0.29) is 23.1 Å². The van der Waals surface area contributed by atoms with Crippen LogP contribution in [-0.4, -0.2) is 81.0 Å². The van der Waals surface area contributed by atoms with Gasteiger partial charge >= 0.3 is 12.1 Å². The average molecular weight is 439 g/mol. The number of carbonyl (C=O) groups is 2. The Bertz CT molecular complexity index is 579. The molecule has 4 fully saturated rings. The molecule has 4 rings (SSSR count). The third kappa shape index (κ3) is 6.52. The van der Waals surface area contributed by atoms with Gasteiger partial charge in [-0.3, -0.25) is 0 Å². The smallest absolute Gasteiger partial charge is 0.320 e. The van der Waals surface area contributed by atoms with Crippen LogP contribution in [0.5, 0.6) is 0 Å². The summed E-state index contributed by atoms with van der Waals surface area (Å²) in [4.78, 5) is 32.0. The highest BCUT2D eigenvalue weighted by atomic mass is 16.2. The zero-order chi connectivity index (χ0) is 24.0. The van der Waals surface area contributed by atoms with Gasteiger partial charge in [-0.15, -0.1) is 0 Å². The van der Waals surface area contributed by atoms with Crippen LogP contribution < -0.4 is 0 Å². The van der Waals surface area contributed by atoms with Crippen molar-refractivity contribution >= 4 is 12.1 Å². The van der Waals surface area contributed by atoms with E-state index in [1.165, 1.54) is 32.1 Å². The zero-order valence-corrected chi connectivity index (χ0v) is 22.1. The minimum atomic E-state index is -0.0194. The highest BCUT2D eigenvalue weighted by Gasteiger charge is 2.44. The second-order valence-electron chi connectivity index (χ2n) is 10.5. The molecule has 182 valence electrons. The Balaban J connectivity index is 0.000000268. The molecule has 0 aromatic carbocycles. The fraction of sp³-hybridized carbons (Fsp3) is 0.920. The lowest BCUT2D eigenvalue weighted by Gasteiger charge is -2.31. The van der Waals surface area contributed by atoms with Gasteiger partial charge in [0, 0.05) is 37.3 Å². The summed E-state index contributed by atoms with van der Waals surface area (Å²) in [6, 6.07) is 1.50. The van der Waals surface area contributed by atoms with E-state index in [1.807, 2.05) is 42.4 Å². The highest BCUT2D eigenvalue weighted by molar-refractivity contribution is 5.78. The molecular weight excluding hydrogens is 388 g/mol. The maximum absolute atomic E-state index is 12.0. The van der Waals surface area contributed by atoms with Gasteiger partial charge in [-0.05, 0) is 73.6 Å². The minimum Gasteiger partial charge on any atom is -0.320 e. The second-order valence-corrected chi connectivity index (χ2v) is 10.5. The molecule has 0 radical (unpaired) electrons. The molecule has 31 heavy (non-hydrogen) atoms. The van der Waals surface area contributed by atoms with Gasteiger partial charge in [0.25, 0.3) is 0 Å². The molecule has 2 unspecified atom stereocenters. The Labute approximate surface area is 192 Å². The molecule has 0 saturated carbocycles. The van der Waals surface area contributed by atoms with Crippen molar-refractivity contribution in [3.05, 3.63) is 0 Å². The molecule has 0 bridgehead atoms. The number of urea groups is 2. The molecule has 0 aromatic heterocycles. The van der Waals surface area contributed by atoms with E-state index in [0.29, 0.717) is 12.1 Å². The average Bonchev–Trinajstić information content (AvgIpc) is 3.40. The summed E-state index contributed by atoms with van der Waals surface area (Å²) in [6.07, 6.45) is 6.04. The monoisotopic (exact) mass is 438 g/mol. The van der Waals surface area contributed by atoms with Crippen LogP contribution in [0.1, 0.15) is 101 Å². The van der Waals surface area contributed by atoms with Crippen LogP contribution in [0.25, 0.3) is 0 Å². The summed E-state index contributed by atoms with van der Waals surface area (Å²) < 4.78 is 0. The molecule has 4 heterocycles. The molecule has 0 aromatic rings. The number of carbonyl (C=O) groups excluding carboxylic acids is 2. The molecule has 0 aliphatic carbocycles. The van der Waals surface area contributed by atoms with Crippen molar-refractivity contribution in [2.45, 2.75) is 125 Å². The minimum absolute atomic E-state index is 0.0125. The quantitative estimate of drug-likeness (QED) is 0.479. The summed E-state index contributed by atoms with van der Waals surface area (Å²) >= 11 is 0. The maximum Gasteiger partial charge on any atom is 0.320 e. The van der Waals surface area contributed by atoms with E-state index in [0.717, 1.165) is 26.2 Å². The molecule has 6 heteroatoms. The molecule has 4 amide bonds. The topological polar surface area (TPSA) is 47.1 Å². The van der Waals surface area contributed by atoms with Crippen molar-refractivity contribution < 1.29 is 9.59 Å². The number of piperidine rings is 1. The standard InChI is InChI=1S/C11H20N2O.C10H18N2O.2C2H6/c1-11(2,3)13-8-9-6-4-5-7-12(9)10(13)14;1-10(2,3)12-7-8-5-4-6-11(8)9(12)13;2*1-2/h9H,4-8H2,1-3H3;8H,4-7H2,1-3H3;2*1-2H3. The van der Waals surface area contributed by atoms with Crippen LogP contribution in [0.3, 0.4) is 0 Å². The predicted octanol–water partition coefficient (Wildman–Crippen LogP) is 5.81.